The Kier molecular flexibility index (Phi) is 5.02. The van der Waals surface area contributed by atoms with Gasteiger partial charge < -0.3 is 10.2 Å². The van der Waals surface area contributed by atoms with Gasteiger partial charge in [-0.05, 0) is 25.1 Å². The van der Waals surface area contributed by atoms with Gasteiger partial charge in [-0.25, -0.2) is 17.6 Å². The van der Waals surface area contributed by atoms with Gasteiger partial charge in [0.05, 0.1) is 10.5 Å². The van der Waals surface area contributed by atoms with E-state index in [1.165, 1.54) is 13.8 Å². The zero-order valence-electron chi connectivity index (χ0n) is 11.3. The number of halogens is 1. The second-order valence-electron chi connectivity index (χ2n) is 4.17. The number of sulfonamides is 1. The van der Waals surface area contributed by atoms with Crippen LogP contribution in [0.2, 0.25) is 0 Å². The summed E-state index contributed by atoms with van der Waals surface area (Å²) < 4.78 is 38.8. The van der Waals surface area contributed by atoms with Crippen LogP contribution in [-0.4, -0.2) is 47.5 Å². The van der Waals surface area contributed by atoms with Crippen molar-refractivity contribution in [3.63, 3.8) is 0 Å². The molecule has 116 valence electrons. The van der Waals surface area contributed by atoms with Crippen molar-refractivity contribution in [3.05, 3.63) is 29.6 Å². The summed E-state index contributed by atoms with van der Waals surface area (Å²) in [6.45, 7) is 2.50. The quantitative estimate of drug-likeness (QED) is 0.809. The minimum atomic E-state index is -4.24. The molecule has 1 atom stereocenters. The summed E-state index contributed by atoms with van der Waals surface area (Å²) in [5, 5.41) is 17.6. The van der Waals surface area contributed by atoms with E-state index in [-0.39, 0.29) is 6.54 Å². The second kappa shape index (κ2) is 6.19. The lowest BCUT2D eigenvalue weighted by molar-refractivity contribution is -0.140. The van der Waals surface area contributed by atoms with E-state index in [1.54, 1.807) is 0 Å². The molecule has 7 nitrogen and oxygen atoms in total. The van der Waals surface area contributed by atoms with Gasteiger partial charge in [-0.3, -0.25) is 4.79 Å². The molecule has 0 amide bonds. The van der Waals surface area contributed by atoms with Crippen molar-refractivity contribution in [2.24, 2.45) is 0 Å². The third-order valence-corrected chi connectivity index (χ3v) is 4.92. The Hall–Kier alpha value is -2.00. The first-order chi connectivity index (χ1) is 9.62. The summed E-state index contributed by atoms with van der Waals surface area (Å²) >= 11 is 0. The molecular formula is C12H14FNO6S. The van der Waals surface area contributed by atoms with Crippen molar-refractivity contribution < 1.29 is 32.6 Å². The lowest BCUT2D eigenvalue weighted by Gasteiger charge is -2.24. The van der Waals surface area contributed by atoms with Crippen molar-refractivity contribution in [1.82, 2.24) is 4.31 Å². The zero-order chi connectivity index (χ0) is 16.4. The van der Waals surface area contributed by atoms with E-state index >= 15 is 0 Å². The highest BCUT2D eigenvalue weighted by Gasteiger charge is 2.32. The molecule has 0 heterocycles. The van der Waals surface area contributed by atoms with Crippen LogP contribution in [0.25, 0.3) is 0 Å². The van der Waals surface area contributed by atoms with Crippen LogP contribution in [-0.2, 0) is 14.8 Å². The van der Waals surface area contributed by atoms with Crippen molar-refractivity contribution in [2.45, 2.75) is 24.8 Å². The Morgan fingerprint density at radius 2 is 1.90 bits per heavy atom. The molecule has 9 heteroatoms. The van der Waals surface area contributed by atoms with Crippen molar-refractivity contribution in [3.8, 4) is 0 Å². The third-order valence-electron chi connectivity index (χ3n) is 2.88. The number of benzene rings is 1. The molecule has 0 aliphatic heterocycles. The smallest absolute Gasteiger partial charge is 0.338 e. The summed E-state index contributed by atoms with van der Waals surface area (Å²) in [6, 6.07) is 0.987. The Balaban J connectivity index is 3.33. The topological polar surface area (TPSA) is 112 Å². The molecule has 0 spiro atoms. The number of likely N-dealkylation sites (N-methyl/N-ethyl adjacent to an activating group) is 1. The molecule has 0 fully saturated rings. The average molecular weight is 319 g/mol. The van der Waals surface area contributed by atoms with Crippen LogP contribution in [0.3, 0.4) is 0 Å². The SMILES string of the molecule is CCN(C(C)C(=O)O)S(=O)(=O)c1ccc(C(=O)O)c(F)c1. The number of hydrogen-bond donors (Lipinski definition) is 2. The number of carboxylic acid groups (broad SMARTS) is 2. The van der Waals surface area contributed by atoms with E-state index in [0.717, 1.165) is 12.1 Å². The molecule has 0 aromatic heterocycles. The van der Waals surface area contributed by atoms with Gasteiger partial charge in [-0.1, -0.05) is 6.92 Å². The van der Waals surface area contributed by atoms with Gasteiger partial charge in [-0.2, -0.15) is 4.31 Å². The number of rotatable bonds is 6. The molecule has 1 aromatic carbocycles. The summed E-state index contributed by atoms with van der Waals surface area (Å²) in [7, 11) is -4.24. The Bertz CT molecular complexity index is 672. The Labute approximate surface area is 120 Å². The lowest BCUT2D eigenvalue weighted by atomic mass is 10.2. The third kappa shape index (κ3) is 3.37. The van der Waals surface area contributed by atoms with Gasteiger partial charge in [-0.15, -0.1) is 0 Å². The molecule has 2 N–H and O–H groups in total. The second-order valence-corrected chi connectivity index (χ2v) is 6.06. The van der Waals surface area contributed by atoms with Gasteiger partial charge >= 0.3 is 11.9 Å². The van der Waals surface area contributed by atoms with Gasteiger partial charge in [0.2, 0.25) is 10.0 Å². The van der Waals surface area contributed by atoms with Crippen molar-refractivity contribution in [2.75, 3.05) is 6.54 Å². The molecule has 21 heavy (non-hydrogen) atoms. The first-order valence-electron chi connectivity index (χ1n) is 5.90. The predicted molar refractivity (Wildman–Crippen MR) is 70.0 cm³/mol. The lowest BCUT2D eigenvalue weighted by Crippen LogP contribution is -2.43. The summed E-state index contributed by atoms with van der Waals surface area (Å²) in [5.74, 6) is -4.08. The van der Waals surface area contributed by atoms with E-state index in [0.29, 0.717) is 10.4 Å². The number of carboxylic acids is 2. The molecule has 1 aromatic rings. The van der Waals surface area contributed by atoms with Gasteiger partial charge in [0.15, 0.2) is 0 Å². The predicted octanol–water partition coefficient (Wildman–Crippen LogP) is 1.01. The highest BCUT2D eigenvalue weighted by Crippen LogP contribution is 2.21. The highest BCUT2D eigenvalue weighted by molar-refractivity contribution is 7.89. The van der Waals surface area contributed by atoms with E-state index in [4.69, 9.17) is 10.2 Å². The molecular weight excluding hydrogens is 305 g/mol. The Morgan fingerprint density at radius 3 is 2.29 bits per heavy atom. The van der Waals surface area contributed by atoms with E-state index in [2.05, 4.69) is 0 Å². The van der Waals surface area contributed by atoms with Crippen LogP contribution in [0, 0.1) is 5.82 Å². The molecule has 0 radical (unpaired) electrons. The fraction of sp³-hybridized carbons (Fsp3) is 0.333. The minimum absolute atomic E-state index is 0.127. The standard InChI is InChI=1S/C12H14FNO6S/c1-3-14(7(2)11(15)16)21(19,20)8-4-5-9(12(17)18)10(13)6-8/h4-7H,3H2,1-2H3,(H,15,16)(H,17,18). The zero-order valence-corrected chi connectivity index (χ0v) is 12.1. The molecule has 0 aliphatic carbocycles. The summed E-state index contributed by atoms with van der Waals surface area (Å²) in [4.78, 5) is 21.1. The fourth-order valence-electron chi connectivity index (χ4n) is 1.74. The number of hydrogen-bond acceptors (Lipinski definition) is 4. The Morgan fingerprint density at radius 1 is 1.33 bits per heavy atom. The largest absolute Gasteiger partial charge is 0.480 e. The maximum atomic E-state index is 13.6. The van der Waals surface area contributed by atoms with Crippen LogP contribution in [0.5, 0.6) is 0 Å². The van der Waals surface area contributed by atoms with Crippen LogP contribution in [0.15, 0.2) is 23.1 Å². The molecule has 1 rings (SSSR count). The maximum Gasteiger partial charge on any atom is 0.338 e. The number of aromatic carboxylic acids is 1. The summed E-state index contributed by atoms with van der Waals surface area (Å²) in [5.41, 5.74) is -0.664. The molecule has 0 saturated heterocycles. The van der Waals surface area contributed by atoms with Crippen LogP contribution >= 0.6 is 0 Å². The van der Waals surface area contributed by atoms with Gasteiger partial charge in [0.1, 0.15) is 11.9 Å². The monoisotopic (exact) mass is 319 g/mol. The summed E-state index contributed by atoms with van der Waals surface area (Å²) in [6.07, 6.45) is 0. The van der Waals surface area contributed by atoms with Crippen LogP contribution < -0.4 is 0 Å². The van der Waals surface area contributed by atoms with Crippen LogP contribution in [0.4, 0.5) is 4.39 Å². The molecule has 0 bridgehead atoms. The van der Waals surface area contributed by atoms with Gasteiger partial charge in [0, 0.05) is 6.54 Å². The average Bonchev–Trinajstić information content (AvgIpc) is 2.38. The number of aliphatic carboxylic acids is 1. The minimum Gasteiger partial charge on any atom is -0.480 e. The molecule has 1 unspecified atom stereocenters. The normalized spacial score (nSPS) is 13.1. The first-order valence-corrected chi connectivity index (χ1v) is 7.34. The van der Waals surface area contributed by atoms with Crippen molar-refractivity contribution in [1.29, 1.82) is 0 Å². The fourth-order valence-corrected chi connectivity index (χ4v) is 3.35. The molecule has 0 saturated carbocycles. The van der Waals surface area contributed by atoms with Gasteiger partial charge in [0.25, 0.3) is 0 Å². The maximum absolute atomic E-state index is 13.6. The van der Waals surface area contributed by atoms with Crippen molar-refractivity contribution >= 4 is 22.0 Å². The highest BCUT2D eigenvalue weighted by atomic mass is 32.2. The van der Waals surface area contributed by atoms with E-state index in [1.807, 2.05) is 0 Å². The number of nitrogens with zero attached hydrogens (tertiary/aromatic N) is 1. The van der Waals surface area contributed by atoms with E-state index < -0.39 is 44.3 Å². The number of carbonyl (C=O) groups is 2. The van der Waals surface area contributed by atoms with Crippen LogP contribution in [0.1, 0.15) is 24.2 Å². The van der Waals surface area contributed by atoms with E-state index in [9.17, 15) is 22.4 Å². The molecule has 0 aliphatic rings. The first kappa shape index (κ1) is 17.1.